The molecule has 1 fully saturated rings. The van der Waals surface area contributed by atoms with Gasteiger partial charge in [-0.1, -0.05) is 0 Å². The molecule has 3 nitrogen and oxygen atoms in total. The van der Waals surface area contributed by atoms with Crippen LogP contribution in [0.25, 0.3) is 0 Å². The normalized spacial score (nSPS) is 20.2. The summed E-state index contributed by atoms with van der Waals surface area (Å²) in [6.07, 6.45) is 4.00. The Morgan fingerprint density at radius 1 is 1.44 bits per heavy atom. The molecule has 1 saturated heterocycles. The molecule has 1 aliphatic heterocycles. The van der Waals surface area contributed by atoms with Crippen LogP contribution in [0.1, 0.15) is 25.7 Å². The van der Waals surface area contributed by atoms with Gasteiger partial charge in [0.25, 0.3) is 0 Å². The van der Waals surface area contributed by atoms with Gasteiger partial charge in [-0.15, -0.1) is 0 Å². The van der Waals surface area contributed by atoms with Crippen molar-refractivity contribution in [2.24, 2.45) is 0 Å². The van der Waals surface area contributed by atoms with E-state index >= 15 is 0 Å². The van der Waals surface area contributed by atoms with E-state index in [-0.39, 0.29) is 18.5 Å². The third-order valence-corrected chi connectivity index (χ3v) is 4.30. The highest BCUT2D eigenvalue weighted by Gasteiger charge is 2.24. The quantitative estimate of drug-likeness (QED) is 0.641. The van der Waals surface area contributed by atoms with Crippen LogP contribution >= 0.6 is 22.6 Å². The number of nitrogens with two attached hydrogens (primary N) is 1. The molecule has 0 saturated carbocycles. The predicted molar refractivity (Wildman–Crippen MR) is 80.2 cm³/mol. The first-order chi connectivity index (χ1) is 8.63. The first kappa shape index (κ1) is 13.9. The van der Waals surface area contributed by atoms with Crippen LogP contribution in [0, 0.1) is 9.39 Å². The Kier molecular flexibility index (Phi) is 4.66. The van der Waals surface area contributed by atoms with E-state index in [0.29, 0.717) is 15.7 Å². The van der Waals surface area contributed by atoms with E-state index in [2.05, 4.69) is 4.90 Å². The molecule has 0 bridgehead atoms. The number of nitrogens with zero attached hydrogens (tertiary/aromatic N) is 1. The van der Waals surface area contributed by atoms with Crippen molar-refractivity contribution >= 4 is 34.0 Å². The number of hydrogen-bond acceptors (Lipinski definition) is 3. The summed E-state index contributed by atoms with van der Waals surface area (Å²) in [6, 6.07) is 3.47. The molecule has 18 heavy (non-hydrogen) atoms. The molecule has 100 valence electrons. The summed E-state index contributed by atoms with van der Waals surface area (Å²) in [5.41, 5.74) is 7.39. The van der Waals surface area contributed by atoms with E-state index < -0.39 is 0 Å². The second-order valence-corrected chi connectivity index (χ2v) is 5.84. The molecule has 1 heterocycles. The first-order valence-corrected chi connectivity index (χ1v) is 7.33. The lowest BCUT2D eigenvalue weighted by atomic mass is 9.98. The summed E-state index contributed by atoms with van der Waals surface area (Å²) in [5.74, 6) is -0.229. The van der Waals surface area contributed by atoms with Crippen LogP contribution in [-0.4, -0.2) is 24.3 Å². The molecule has 0 spiro atoms. The van der Waals surface area contributed by atoms with Crippen LogP contribution < -0.4 is 10.6 Å². The number of anilines is 2. The maximum Gasteiger partial charge on any atom is 0.138 e. The molecule has 1 unspecified atom stereocenters. The summed E-state index contributed by atoms with van der Waals surface area (Å²) in [7, 11) is 0. The van der Waals surface area contributed by atoms with E-state index in [4.69, 9.17) is 10.8 Å². The highest BCUT2D eigenvalue weighted by molar-refractivity contribution is 14.1. The topological polar surface area (TPSA) is 49.5 Å². The van der Waals surface area contributed by atoms with Gasteiger partial charge in [-0.2, -0.15) is 0 Å². The second-order valence-electron chi connectivity index (χ2n) is 4.68. The molecular weight excluding hydrogens is 346 g/mol. The van der Waals surface area contributed by atoms with E-state index in [0.717, 1.165) is 31.5 Å². The first-order valence-electron chi connectivity index (χ1n) is 6.25. The molecule has 0 aliphatic carbocycles. The van der Waals surface area contributed by atoms with Crippen molar-refractivity contribution in [3.63, 3.8) is 0 Å². The number of benzene rings is 1. The zero-order valence-corrected chi connectivity index (χ0v) is 12.4. The minimum absolute atomic E-state index is 0.161. The van der Waals surface area contributed by atoms with Gasteiger partial charge in [-0.05, 0) is 54.3 Å². The predicted octanol–water partition coefficient (Wildman–Crippen LogP) is 2.75. The Bertz CT molecular complexity index is 426. The number of rotatable bonds is 3. The van der Waals surface area contributed by atoms with Gasteiger partial charge < -0.3 is 15.7 Å². The summed E-state index contributed by atoms with van der Waals surface area (Å²) in [5, 5.41) is 9.12. The fourth-order valence-corrected chi connectivity index (χ4v) is 3.06. The fourth-order valence-electron chi connectivity index (χ4n) is 2.57. The van der Waals surface area contributed by atoms with E-state index in [9.17, 15) is 4.39 Å². The number of aliphatic hydroxyl groups is 1. The number of piperidine rings is 1. The highest BCUT2D eigenvalue weighted by Crippen LogP contribution is 2.33. The standard InChI is InChI=1S/C13H18FIN2O/c14-10-7-13(12(16)8-11(10)15)17-5-2-1-3-9(17)4-6-18/h7-9,18H,1-6,16H2. The van der Waals surface area contributed by atoms with Crippen molar-refractivity contribution in [2.45, 2.75) is 31.7 Å². The van der Waals surface area contributed by atoms with Gasteiger partial charge in [0, 0.05) is 25.3 Å². The summed E-state index contributed by atoms with van der Waals surface area (Å²) >= 11 is 1.95. The fraction of sp³-hybridized carbons (Fsp3) is 0.538. The average Bonchev–Trinajstić information content (AvgIpc) is 2.35. The SMILES string of the molecule is Nc1cc(I)c(F)cc1N1CCCCC1CCO. The molecule has 0 amide bonds. The van der Waals surface area contributed by atoms with Gasteiger partial charge >= 0.3 is 0 Å². The average molecular weight is 364 g/mol. The number of aliphatic hydroxyl groups excluding tert-OH is 1. The van der Waals surface area contributed by atoms with Crippen molar-refractivity contribution in [2.75, 3.05) is 23.8 Å². The molecule has 1 aliphatic rings. The zero-order chi connectivity index (χ0) is 13.1. The van der Waals surface area contributed by atoms with Crippen LogP contribution in [0.2, 0.25) is 0 Å². The minimum atomic E-state index is -0.229. The van der Waals surface area contributed by atoms with Gasteiger partial charge in [0.2, 0.25) is 0 Å². The third kappa shape index (κ3) is 2.88. The maximum absolute atomic E-state index is 13.7. The molecule has 3 N–H and O–H groups in total. The Morgan fingerprint density at radius 2 is 2.22 bits per heavy atom. The number of halogens is 2. The molecule has 2 rings (SSSR count). The summed E-state index contributed by atoms with van der Waals surface area (Å²) in [4.78, 5) is 2.15. The summed E-state index contributed by atoms with van der Waals surface area (Å²) in [6.45, 7) is 1.04. The Morgan fingerprint density at radius 3 is 2.94 bits per heavy atom. The van der Waals surface area contributed by atoms with Crippen LogP contribution in [0.15, 0.2) is 12.1 Å². The maximum atomic E-state index is 13.7. The highest BCUT2D eigenvalue weighted by atomic mass is 127. The lowest BCUT2D eigenvalue weighted by Gasteiger charge is -2.38. The van der Waals surface area contributed by atoms with Crippen LogP contribution in [-0.2, 0) is 0 Å². The van der Waals surface area contributed by atoms with Crippen molar-refractivity contribution in [1.29, 1.82) is 0 Å². The molecule has 1 atom stereocenters. The zero-order valence-electron chi connectivity index (χ0n) is 10.2. The van der Waals surface area contributed by atoms with Crippen molar-refractivity contribution < 1.29 is 9.50 Å². The van der Waals surface area contributed by atoms with Crippen LogP contribution in [0.4, 0.5) is 15.8 Å². The van der Waals surface area contributed by atoms with Crippen molar-refractivity contribution in [1.82, 2.24) is 0 Å². The smallest absolute Gasteiger partial charge is 0.138 e. The molecule has 5 heteroatoms. The van der Waals surface area contributed by atoms with E-state index in [1.165, 1.54) is 6.07 Å². The van der Waals surface area contributed by atoms with Gasteiger partial charge in [0.05, 0.1) is 14.9 Å². The molecular formula is C13H18FIN2O. The van der Waals surface area contributed by atoms with Crippen LogP contribution in [0.3, 0.4) is 0 Å². The lowest BCUT2D eigenvalue weighted by Crippen LogP contribution is -2.40. The van der Waals surface area contributed by atoms with Gasteiger partial charge in [0.1, 0.15) is 5.82 Å². The summed E-state index contributed by atoms with van der Waals surface area (Å²) < 4.78 is 14.2. The number of hydrogen-bond donors (Lipinski definition) is 2. The van der Waals surface area contributed by atoms with Crippen LogP contribution in [0.5, 0.6) is 0 Å². The Balaban J connectivity index is 2.30. The van der Waals surface area contributed by atoms with Gasteiger partial charge in [-0.25, -0.2) is 4.39 Å². The van der Waals surface area contributed by atoms with Gasteiger partial charge in [-0.3, -0.25) is 0 Å². The minimum Gasteiger partial charge on any atom is -0.397 e. The lowest BCUT2D eigenvalue weighted by molar-refractivity contribution is 0.262. The van der Waals surface area contributed by atoms with E-state index in [1.54, 1.807) is 6.07 Å². The molecule has 0 aromatic heterocycles. The second kappa shape index (κ2) is 6.06. The van der Waals surface area contributed by atoms with Crippen molar-refractivity contribution in [3.05, 3.63) is 21.5 Å². The van der Waals surface area contributed by atoms with Crippen molar-refractivity contribution in [3.8, 4) is 0 Å². The van der Waals surface area contributed by atoms with Gasteiger partial charge in [0.15, 0.2) is 0 Å². The Labute approximate surface area is 120 Å². The monoisotopic (exact) mass is 364 g/mol. The molecule has 1 aromatic rings. The largest absolute Gasteiger partial charge is 0.397 e. The molecule has 1 aromatic carbocycles. The number of nitrogen functional groups attached to an aromatic ring is 1. The molecule has 0 radical (unpaired) electrons. The Hall–Kier alpha value is -0.560. The van der Waals surface area contributed by atoms with E-state index in [1.807, 2.05) is 22.6 Å². The third-order valence-electron chi connectivity index (χ3n) is 3.47.